The molecule has 0 radical (unpaired) electrons. The highest BCUT2D eigenvalue weighted by molar-refractivity contribution is 7.99. The summed E-state index contributed by atoms with van der Waals surface area (Å²) in [5.74, 6) is 1.99. The Kier molecular flexibility index (Phi) is 7.97. The number of nitrogens with zero attached hydrogens (tertiary/aromatic N) is 3. The Hall–Kier alpha value is -2.02. The first-order valence-corrected chi connectivity index (χ1v) is 10.0. The Balaban J connectivity index is 2.05. The van der Waals surface area contributed by atoms with Gasteiger partial charge < -0.3 is 10.1 Å². The average molecular weight is 377 g/mol. The molecular weight excluding hydrogens is 348 g/mol. The maximum atomic E-state index is 12.0. The van der Waals surface area contributed by atoms with Gasteiger partial charge in [-0.1, -0.05) is 31.5 Å². The molecular formula is C19H28N4O2S. The molecule has 0 saturated carbocycles. The number of aromatic nitrogens is 3. The van der Waals surface area contributed by atoms with Gasteiger partial charge in [0, 0.05) is 18.2 Å². The number of methoxy groups -OCH3 is 1. The van der Waals surface area contributed by atoms with E-state index in [1.807, 2.05) is 24.3 Å². The summed E-state index contributed by atoms with van der Waals surface area (Å²) in [6.07, 6.45) is 3.31. The minimum atomic E-state index is 0.0374. The molecule has 0 aliphatic rings. The van der Waals surface area contributed by atoms with Crippen molar-refractivity contribution in [1.29, 1.82) is 0 Å². The molecule has 0 saturated heterocycles. The summed E-state index contributed by atoms with van der Waals surface area (Å²) in [7, 11) is 1.65. The van der Waals surface area contributed by atoms with Crippen molar-refractivity contribution in [2.24, 2.45) is 0 Å². The number of hydrogen-bond acceptors (Lipinski definition) is 5. The van der Waals surface area contributed by atoms with Crippen molar-refractivity contribution in [3.8, 4) is 17.1 Å². The van der Waals surface area contributed by atoms with E-state index in [4.69, 9.17) is 4.74 Å². The Morgan fingerprint density at radius 1 is 1.23 bits per heavy atom. The molecule has 0 fully saturated rings. The van der Waals surface area contributed by atoms with Gasteiger partial charge in [0.25, 0.3) is 0 Å². The van der Waals surface area contributed by atoms with E-state index in [-0.39, 0.29) is 11.9 Å². The number of carbonyl (C=O) groups excluding carboxylic acids is 1. The molecule has 0 bridgehead atoms. The predicted molar refractivity (Wildman–Crippen MR) is 106 cm³/mol. The number of nitrogens with one attached hydrogen (secondary N) is 1. The number of amides is 1. The maximum absolute atomic E-state index is 12.0. The van der Waals surface area contributed by atoms with Crippen LogP contribution in [0.15, 0.2) is 29.4 Å². The van der Waals surface area contributed by atoms with E-state index in [9.17, 15) is 4.79 Å². The molecule has 1 aromatic heterocycles. The topological polar surface area (TPSA) is 69.0 Å². The van der Waals surface area contributed by atoms with E-state index in [2.05, 4.69) is 40.9 Å². The van der Waals surface area contributed by atoms with E-state index in [0.29, 0.717) is 5.75 Å². The summed E-state index contributed by atoms with van der Waals surface area (Å²) in [6, 6.07) is 7.95. The van der Waals surface area contributed by atoms with Gasteiger partial charge in [-0.15, -0.1) is 10.2 Å². The number of unbranched alkanes of at least 4 members (excludes halogenated alkanes) is 2. The van der Waals surface area contributed by atoms with Gasteiger partial charge in [-0.05, 0) is 44.5 Å². The number of ether oxygens (including phenoxy) is 1. The van der Waals surface area contributed by atoms with Gasteiger partial charge in [-0.3, -0.25) is 9.36 Å². The second kappa shape index (κ2) is 10.2. The Morgan fingerprint density at radius 2 is 1.96 bits per heavy atom. The molecule has 0 atom stereocenters. The first kappa shape index (κ1) is 20.3. The summed E-state index contributed by atoms with van der Waals surface area (Å²) in [5, 5.41) is 12.4. The number of benzene rings is 1. The largest absolute Gasteiger partial charge is 0.497 e. The van der Waals surface area contributed by atoms with E-state index in [0.717, 1.165) is 48.1 Å². The molecule has 7 heteroatoms. The monoisotopic (exact) mass is 376 g/mol. The molecule has 0 unspecified atom stereocenters. The van der Waals surface area contributed by atoms with Crippen molar-refractivity contribution >= 4 is 17.7 Å². The van der Waals surface area contributed by atoms with Crippen molar-refractivity contribution in [2.75, 3.05) is 19.4 Å². The standard InChI is InChI=1S/C19H28N4O2S/c1-5-6-7-12-20-17(24)13-26-19-22-21-18(23(19)14(2)3)15-8-10-16(25-4)11-9-15/h8-11,14H,5-7,12-13H2,1-4H3,(H,20,24). The Morgan fingerprint density at radius 3 is 2.58 bits per heavy atom. The lowest BCUT2D eigenvalue weighted by atomic mass is 10.2. The van der Waals surface area contributed by atoms with Gasteiger partial charge in [0.05, 0.1) is 12.9 Å². The van der Waals surface area contributed by atoms with Gasteiger partial charge in [-0.25, -0.2) is 0 Å². The quantitative estimate of drug-likeness (QED) is 0.502. The van der Waals surface area contributed by atoms with Crippen LogP contribution in [0.3, 0.4) is 0 Å². The number of rotatable bonds is 10. The van der Waals surface area contributed by atoms with E-state index in [1.54, 1.807) is 7.11 Å². The smallest absolute Gasteiger partial charge is 0.230 e. The van der Waals surface area contributed by atoms with Crippen molar-refractivity contribution < 1.29 is 9.53 Å². The molecule has 2 aromatic rings. The molecule has 1 heterocycles. The Bertz CT molecular complexity index is 698. The third-order valence-corrected chi connectivity index (χ3v) is 4.91. The van der Waals surface area contributed by atoms with E-state index in [1.165, 1.54) is 11.8 Å². The first-order chi connectivity index (χ1) is 12.6. The molecule has 0 aliphatic carbocycles. The van der Waals surface area contributed by atoms with Crippen LogP contribution in [0, 0.1) is 0 Å². The fraction of sp³-hybridized carbons (Fsp3) is 0.526. The van der Waals surface area contributed by atoms with Crippen LogP contribution in [-0.2, 0) is 4.79 Å². The van der Waals surface area contributed by atoms with Crippen LogP contribution in [0.4, 0.5) is 0 Å². The number of carbonyl (C=O) groups is 1. The van der Waals surface area contributed by atoms with Crippen LogP contribution in [-0.4, -0.2) is 40.1 Å². The zero-order chi connectivity index (χ0) is 18.9. The van der Waals surface area contributed by atoms with Gasteiger partial charge >= 0.3 is 0 Å². The molecule has 2 rings (SSSR count). The third-order valence-electron chi connectivity index (χ3n) is 3.96. The second-order valence-corrected chi connectivity index (χ2v) is 7.29. The molecule has 26 heavy (non-hydrogen) atoms. The highest BCUT2D eigenvalue weighted by Crippen LogP contribution is 2.28. The Labute approximate surface area is 159 Å². The lowest BCUT2D eigenvalue weighted by Gasteiger charge is -2.14. The third kappa shape index (κ3) is 5.49. The van der Waals surface area contributed by atoms with Crippen LogP contribution in [0.1, 0.15) is 46.1 Å². The predicted octanol–water partition coefficient (Wildman–Crippen LogP) is 3.93. The molecule has 142 valence electrons. The second-order valence-electron chi connectivity index (χ2n) is 6.34. The highest BCUT2D eigenvalue weighted by Gasteiger charge is 2.17. The number of hydrogen-bond donors (Lipinski definition) is 1. The fourth-order valence-electron chi connectivity index (χ4n) is 2.56. The lowest BCUT2D eigenvalue weighted by Crippen LogP contribution is -2.26. The molecule has 0 aliphatic heterocycles. The van der Waals surface area contributed by atoms with E-state index >= 15 is 0 Å². The average Bonchev–Trinajstić information content (AvgIpc) is 3.08. The highest BCUT2D eigenvalue weighted by atomic mass is 32.2. The van der Waals surface area contributed by atoms with Crippen LogP contribution in [0.25, 0.3) is 11.4 Å². The zero-order valence-electron chi connectivity index (χ0n) is 16.0. The van der Waals surface area contributed by atoms with Gasteiger partial charge in [0.2, 0.25) is 5.91 Å². The maximum Gasteiger partial charge on any atom is 0.230 e. The van der Waals surface area contributed by atoms with E-state index < -0.39 is 0 Å². The molecule has 1 amide bonds. The molecule has 0 spiro atoms. The fourth-order valence-corrected chi connectivity index (χ4v) is 3.46. The lowest BCUT2D eigenvalue weighted by molar-refractivity contribution is -0.118. The van der Waals surface area contributed by atoms with Crippen LogP contribution >= 0.6 is 11.8 Å². The molecule has 6 nitrogen and oxygen atoms in total. The SMILES string of the molecule is CCCCCNC(=O)CSc1nnc(-c2ccc(OC)cc2)n1C(C)C. The van der Waals surface area contributed by atoms with Crippen LogP contribution in [0.5, 0.6) is 5.75 Å². The molecule has 1 N–H and O–H groups in total. The van der Waals surface area contributed by atoms with Gasteiger partial charge in [0.1, 0.15) is 5.75 Å². The molecule has 1 aromatic carbocycles. The van der Waals surface area contributed by atoms with Gasteiger partial charge in [0.15, 0.2) is 11.0 Å². The normalized spacial score (nSPS) is 11.0. The summed E-state index contributed by atoms with van der Waals surface area (Å²) < 4.78 is 7.28. The van der Waals surface area contributed by atoms with Gasteiger partial charge in [-0.2, -0.15) is 0 Å². The van der Waals surface area contributed by atoms with Crippen molar-refractivity contribution in [2.45, 2.75) is 51.2 Å². The van der Waals surface area contributed by atoms with Crippen molar-refractivity contribution in [3.63, 3.8) is 0 Å². The summed E-state index contributed by atoms with van der Waals surface area (Å²) in [5.41, 5.74) is 0.975. The van der Waals surface area contributed by atoms with Crippen LogP contribution < -0.4 is 10.1 Å². The van der Waals surface area contributed by atoms with Crippen molar-refractivity contribution in [3.05, 3.63) is 24.3 Å². The first-order valence-electron chi connectivity index (χ1n) is 9.05. The van der Waals surface area contributed by atoms with Crippen LogP contribution in [0.2, 0.25) is 0 Å². The number of thioether (sulfide) groups is 1. The summed E-state index contributed by atoms with van der Waals surface area (Å²) in [6.45, 7) is 7.06. The van der Waals surface area contributed by atoms with Crippen molar-refractivity contribution in [1.82, 2.24) is 20.1 Å². The zero-order valence-corrected chi connectivity index (χ0v) is 16.8. The summed E-state index contributed by atoms with van der Waals surface area (Å²) >= 11 is 1.42. The minimum Gasteiger partial charge on any atom is -0.497 e. The minimum absolute atomic E-state index is 0.0374. The summed E-state index contributed by atoms with van der Waals surface area (Å²) in [4.78, 5) is 12.0.